The van der Waals surface area contributed by atoms with Gasteiger partial charge in [0.15, 0.2) is 6.17 Å². The molecule has 0 N–H and O–H groups in total. The second-order valence-electron chi connectivity index (χ2n) is 6.48. The van der Waals surface area contributed by atoms with Gasteiger partial charge in [-0.15, -0.1) is 0 Å². The molecule has 2 amide bonds. The van der Waals surface area contributed by atoms with Crippen molar-refractivity contribution in [1.82, 2.24) is 10.0 Å². The maximum atomic E-state index is 12.8. The highest BCUT2D eigenvalue weighted by atomic mass is 16.6. The van der Waals surface area contributed by atoms with Crippen LogP contribution in [0.3, 0.4) is 0 Å². The molecule has 1 aromatic carbocycles. The Morgan fingerprint density at radius 1 is 1.00 bits per heavy atom. The number of carbonyl (C=O) groups is 3. The van der Waals surface area contributed by atoms with Crippen LogP contribution in [-0.2, 0) is 19.0 Å². The zero-order chi connectivity index (χ0) is 20.8. The quantitative estimate of drug-likeness (QED) is 0.564. The molecule has 1 atom stereocenters. The Labute approximate surface area is 163 Å². The predicted molar refractivity (Wildman–Crippen MR) is 100 cm³/mol. The summed E-state index contributed by atoms with van der Waals surface area (Å²) in [6.07, 6.45) is -3.67. The minimum atomic E-state index is -0.980. The van der Waals surface area contributed by atoms with Gasteiger partial charge in [-0.1, -0.05) is 30.3 Å². The van der Waals surface area contributed by atoms with Crippen molar-refractivity contribution in [2.75, 3.05) is 6.61 Å². The fraction of sp³-hybridized carbons (Fsp3) is 0.474. The third-order valence-corrected chi connectivity index (χ3v) is 3.48. The smallest absolute Gasteiger partial charge is 0.435 e. The molecule has 0 fully saturated rings. The first-order valence-electron chi connectivity index (χ1n) is 9.06. The number of hydrazine groups is 1. The van der Waals surface area contributed by atoms with Crippen LogP contribution in [0.4, 0.5) is 9.59 Å². The summed E-state index contributed by atoms with van der Waals surface area (Å²) in [5.41, 5.74) is 0.588. The molecule has 1 unspecified atom stereocenters. The van der Waals surface area contributed by atoms with Crippen LogP contribution in [-0.4, -0.2) is 52.8 Å². The molecule has 152 valence electrons. The fourth-order valence-electron chi connectivity index (χ4n) is 2.48. The third kappa shape index (κ3) is 4.79. The number of amidine groups is 1. The predicted octanol–water partition coefficient (Wildman–Crippen LogP) is 3.27. The summed E-state index contributed by atoms with van der Waals surface area (Å²) in [6.45, 7) is 8.37. The van der Waals surface area contributed by atoms with Crippen molar-refractivity contribution in [3.8, 4) is 0 Å². The summed E-state index contributed by atoms with van der Waals surface area (Å²) in [5.74, 6) is -1.19. The molecule has 0 saturated heterocycles. The monoisotopic (exact) mass is 391 g/mol. The molecule has 0 aliphatic carbocycles. The van der Waals surface area contributed by atoms with E-state index in [-0.39, 0.29) is 12.4 Å². The Kier molecular flexibility index (Phi) is 6.97. The Morgan fingerprint density at radius 3 is 2.11 bits per heavy atom. The van der Waals surface area contributed by atoms with E-state index >= 15 is 0 Å². The molecule has 1 heterocycles. The lowest BCUT2D eigenvalue weighted by Crippen LogP contribution is -2.52. The van der Waals surface area contributed by atoms with E-state index < -0.39 is 36.5 Å². The standard InChI is InChI=1S/C19H25N3O6/c1-6-26-17(23)16-20-15(14-10-8-7-9-11-14)21(18(24)27-12(2)3)22(16)19(25)28-13(4)5/h7-13,15H,6H2,1-5H3. The Balaban J connectivity index is 2.53. The van der Waals surface area contributed by atoms with E-state index in [4.69, 9.17) is 14.2 Å². The Hall–Kier alpha value is -3.10. The van der Waals surface area contributed by atoms with Crippen LogP contribution in [0.25, 0.3) is 0 Å². The average molecular weight is 391 g/mol. The molecule has 0 saturated carbocycles. The molecule has 9 heteroatoms. The van der Waals surface area contributed by atoms with Crippen LogP contribution in [0.5, 0.6) is 0 Å². The molecule has 9 nitrogen and oxygen atoms in total. The number of hydrogen-bond donors (Lipinski definition) is 0. The van der Waals surface area contributed by atoms with Gasteiger partial charge >= 0.3 is 18.2 Å². The molecule has 0 radical (unpaired) electrons. The molecule has 0 spiro atoms. The second kappa shape index (κ2) is 9.20. The van der Waals surface area contributed by atoms with E-state index in [1.165, 1.54) is 0 Å². The van der Waals surface area contributed by atoms with E-state index in [0.29, 0.717) is 5.56 Å². The van der Waals surface area contributed by atoms with Gasteiger partial charge in [0.2, 0.25) is 5.84 Å². The molecular weight excluding hydrogens is 366 g/mol. The molecule has 0 aromatic heterocycles. The lowest BCUT2D eigenvalue weighted by Gasteiger charge is -2.31. The van der Waals surface area contributed by atoms with Crippen molar-refractivity contribution in [3.63, 3.8) is 0 Å². The van der Waals surface area contributed by atoms with Crippen LogP contribution in [0.2, 0.25) is 0 Å². The first-order valence-corrected chi connectivity index (χ1v) is 9.06. The van der Waals surface area contributed by atoms with Crippen molar-refractivity contribution >= 4 is 24.0 Å². The van der Waals surface area contributed by atoms with Gasteiger partial charge in [-0.3, -0.25) is 0 Å². The third-order valence-electron chi connectivity index (χ3n) is 3.48. The number of esters is 1. The lowest BCUT2D eigenvalue weighted by atomic mass is 10.2. The van der Waals surface area contributed by atoms with Gasteiger partial charge in [-0.05, 0) is 40.2 Å². The number of rotatable bonds is 5. The minimum Gasteiger partial charge on any atom is -0.460 e. The van der Waals surface area contributed by atoms with Gasteiger partial charge in [0.25, 0.3) is 0 Å². The van der Waals surface area contributed by atoms with E-state index in [2.05, 4.69) is 4.99 Å². The van der Waals surface area contributed by atoms with Gasteiger partial charge in [0, 0.05) is 0 Å². The molecular formula is C19H25N3O6. The Bertz CT molecular complexity index is 747. The first kappa shape index (κ1) is 21.2. The lowest BCUT2D eigenvalue weighted by molar-refractivity contribution is -0.136. The maximum absolute atomic E-state index is 12.8. The number of hydrogen-bond acceptors (Lipinski definition) is 7. The van der Waals surface area contributed by atoms with E-state index in [0.717, 1.165) is 10.0 Å². The average Bonchev–Trinajstić information content (AvgIpc) is 3.02. The van der Waals surface area contributed by atoms with E-state index in [1.807, 2.05) is 0 Å². The van der Waals surface area contributed by atoms with Crippen LogP contribution in [0.15, 0.2) is 35.3 Å². The number of nitrogens with zero attached hydrogens (tertiary/aromatic N) is 3. The van der Waals surface area contributed by atoms with Crippen LogP contribution < -0.4 is 0 Å². The van der Waals surface area contributed by atoms with Crippen molar-refractivity contribution < 1.29 is 28.6 Å². The number of benzene rings is 1. The number of aliphatic imine (C=N–C) groups is 1. The number of ether oxygens (including phenoxy) is 3. The molecule has 1 aliphatic rings. The molecule has 1 aromatic rings. The summed E-state index contributed by atoms with van der Waals surface area (Å²) in [6, 6.07) is 8.77. The molecule has 0 bridgehead atoms. The molecule has 2 rings (SSSR count). The van der Waals surface area contributed by atoms with Crippen molar-refractivity contribution in [2.45, 2.75) is 53.0 Å². The zero-order valence-electron chi connectivity index (χ0n) is 16.6. The van der Waals surface area contributed by atoms with Crippen LogP contribution >= 0.6 is 0 Å². The van der Waals surface area contributed by atoms with Crippen molar-refractivity contribution in [2.24, 2.45) is 4.99 Å². The van der Waals surface area contributed by atoms with Gasteiger partial charge in [0.05, 0.1) is 18.8 Å². The highest BCUT2D eigenvalue weighted by Gasteiger charge is 2.47. The maximum Gasteiger partial charge on any atom is 0.435 e. The topological polar surface area (TPSA) is 97.7 Å². The van der Waals surface area contributed by atoms with Crippen LogP contribution in [0.1, 0.15) is 46.3 Å². The largest absolute Gasteiger partial charge is 0.460 e. The molecule has 1 aliphatic heterocycles. The minimum absolute atomic E-state index is 0.0807. The summed E-state index contributed by atoms with van der Waals surface area (Å²) in [7, 11) is 0. The normalized spacial score (nSPS) is 16.2. The van der Waals surface area contributed by atoms with Crippen LogP contribution in [0, 0.1) is 0 Å². The van der Waals surface area contributed by atoms with E-state index in [9.17, 15) is 14.4 Å². The SMILES string of the molecule is CCOC(=O)C1=NC(c2ccccc2)N(C(=O)OC(C)C)N1C(=O)OC(C)C. The fourth-order valence-corrected chi connectivity index (χ4v) is 2.48. The van der Waals surface area contributed by atoms with Gasteiger partial charge in [-0.25, -0.2) is 19.4 Å². The molecule has 28 heavy (non-hydrogen) atoms. The van der Waals surface area contributed by atoms with Gasteiger partial charge < -0.3 is 14.2 Å². The summed E-state index contributed by atoms with van der Waals surface area (Å²) < 4.78 is 15.5. The number of carbonyl (C=O) groups excluding carboxylic acids is 3. The van der Waals surface area contributed by atoms with Gasteiger partial charge in [-0.2, -0.15) is 10.0 Å². The van der Waals surface area contributed by atoms with Gasteiger partial charge in [0.1, 0.15) is 0 Å². The second-order valence-corrected chi connectivity index (χ2v) is 6.48. The van der Waals surface area contributed by atoms with Crippen molar-refractivity contribution in [3.05, 3.63) is 35.9 Å². The summed E-state index contributed by atoms with van der Waals surface area (Å²) >= 11 is 0. The summed E-state index contributed by atoms with van der Waals surface area (Å²) in [4.78, 5) is 42.2. The zero-order valence-corrected chi connectivity index (χ0v) is 16.6. The highest BCUT2D eigenvalue weighted by molar-refractivity contribution is 6.38. The Morgan fingerprint density at radius 2 is 1.57 bits per heavy atom. The highest BCUT2D eigenvalue weighted by Crippen LogP contribution is 2.32. The first-order chi connectivity index (χ1) is 13.3. The number of amides is 2. The summed E-state index contributed by atoms with van der Waals surface area (Å²) in [5, 5.41) is 1.74. The van der Waals surface area contributed by atoms with E-state index in [1.54, 1.807) is 65.0 Å². The van der Waals surface area contributed by atoms with Crippen molar-refractivity contribution in [1.29, 1.82) is 0 Å².